The van der Waals surface area contributed by atoms with E-state index in [2.05, 4.69) is 55.4 Å². The van der Waals surface area contributed by atoms with Crippen LogP contribution in [-0.4, -0.2) is 47.9 Å². The number of halogens is 1. The molecule has 0 amide bonds. The third-order valence-electron chi connectivity index (χ3n) is 4.07. The minimum atomic E-state index is 0. The third-order valence-corrected chi connectivity index (χ3v) is 4.07. The van der Waals surface area contributed by atoms with Crippen LogP contribution in [0.2, 0.25) is 0 Å². The normalized spacial score (nSPS) is 11.1. The molecule has 0 saturated heterocycles. The Morgan fingerprint density at radius 3 is 2.61 bits per heavy atom. The van der Waals surface area contributed by atoms with Crippen LogP contribution in [0.25, 0.3) is 5.65 Å². The molecule has 0 fully saturated rings. The molecule has 2 heterocycles. The molecule has 0 bridgehead atoms. The Labute approximate surface area is 181 Å². The van der Waals surface area contributed by atoms with Crippen LogP contribution in [0.4, 0.5) is 5.69 Å². The fourth-order valence-corrected chi connectivity index (χ4v) is 2.62. The molecule has 3 rings (SSSR count). The Kier molecular flexibility index (Phi) is 8.95. The third kappa shape index (κ3) is 6.06. The van der Waals surface area contributed by atoms with Crippen molar-refractivity contribution in [2.24, 2.45) is 4.99 Å². The molecule has 1 aromatic carbocycles. The standard InChI is InChI=1S/C19H25N7O.HI/c1-20-19(23-14-18-25-24-17-5-3-4-11-26(17)18)22-13-15-6-8-16(9-7-15)21-10-12-27-2;/h3-9,11,21H,10,12-14H2,1-2H3,(H2,20,22,23);1H. The lowest BCUT2D eigenvalue weighted by Crippen LogP contribution is -2.36. The molecule has 2 aromatic heterocycles. The summed E-state index contributed by atoms with van der Waals surface area (Å²) in [6, 6.07) is 14.1. The van der Waals surface area contributed by atoms with Gasteiger partial charge in [-0.05, 0) is 29.8 Å². The van der Waals surface area contributed by atoms with Crippen LogP contribution in [0.15, 0.2) is 53.7 Å². The highest BCUT2D eigenvalue weighted by Gasteiger charge is 2.05. The summed E-state index contributed by atoms with van der Waals surface area (Å²) < 4.78 is 6.99. The second-order valence-electron chi connectivity index (χ2n) is 5.94. The fraction of sp³-hybridized carbons (Fsp3) is 0.316. The smallest absolute Gasteiger partial charge is 0.191 e. The van der Waals surface area contributed by atoms with E-state index in [1.54, 1.807) is 14.2 Å². The molecular formula is C19H26IN7O. The van der Waals surface area contributed by atoms with Crippen LogP contribution in [0, 0.1) is 0 Å². The van der Waals surface area contributed by atoms with E-state index in [1.807, 2.05) is 28.8 Å². The zero-order valence-electron chi connectivity index (χ0n) is 16.1. The van der Waals surface area contributed by atoms with E-state index >= 15 is 0 Å². The summed E-state index contributed by atoms with van der Waals surface area (Å²) >= 11 is 0. The largest absolute Gasteiger partial charge is 0.383 e. The molecule has 8 nitrogen and oxygen atoms in total. The van der Waals surface area contributed by atoms with Gasteiger partial charge < -0.3 is 20.7 Å². The Bertz CT molecular complexity index is 879. The lowest BCUT2D eigenvalue weighted by Gasteiger charge is -2.12. The number of methoxy groups -OCH3 is 1. The summed E-state index contributed by atoms with van der Waals surface area (Å²) in [6.45, 7) is 2.69. The Balaban J connectivity index is 0.00000280. The number of rotatable bonds is 8. The van der Waals surface area contributed by atoms with Crippen molar-refractivity contribution < 1.29 is 4.74 Å². The number of aromatic nitrogens is 3. The molecule has 0 aliphatic heterocycles. The maximum absolute atomic E-state index is 5.04. The highest BCUT2D eigenvalue weighted by Crippen LogP contribution is 2.09. The highest BCUT2D eigenvalue weighted by molar-refractivity contribution is 14.0. The quantitative estimate of drug-likeness (QED) is 0.192. The van der Waals surface area contributed by atoms with Crippen molar-refractivity contribution in [1.29, 1.82) is 0 Å². The number of nitrogens with one attached hydrogen (secondary N) is 3. The number of pyridine rings is 1. The second kappa shape index (κ2) is 11.4. The average molecular weight is 495 g/mol. The zero-order valence-corrected chi connectivity index (χ0v) is 18.4. The van der Waals surface area contributed by atoms with Gasteiger partial charge in [-0.2, -0.15) is 0 Å². The maximum atomic E-state index is 5.04. The Hall–Kier alpha value is -2.40. The van der Waals surface area contributed by atoms with Gasteiger partial charge in [-0.3, -0.25) is 9.39 Å². The van der Waals surface area contributed by atoms with E-state index in [4.69, 9.17) is 4.74 Å². The van der Waals surface area contributed by atoms with Crippen molar-refractivity contribution in [3.63, 3.8) is 0 Å². The monoisotopic (exact) mass is 495 g/mol. The van der Waals surface area contributed by atoms with Gasteiger partial charge in [0.1, 0.15) is 0 Å². The number of hydrogen-bond donors (Lipinski definition) is 3. The molecular weight excluding hydrogens is 469 g/mol. The summed E-state index contributed by atoms with van der Waals surface area (Å²) in [4.78, 5) is 4.26. The fourth-order valence-electron chi connectivity index (χ4n) is 2.62. The molecule has 150 valence electrons. The minimum Gasteiger partial charge on any atom is -0.383 e. The van der Waals surface area contributed by atoms with Gasteiger partial charge in [0.05, 0.1) is 13.2 Å². The summed E-state index contributed by atoms with van der Waals surface area (Å²) in [6.07, 6.45) is 1.95. The van der Waals surface area contributed by atoms with E-state index in [1.165, 1.54) is 5.56 Å². The van der Waals surface area contributed by atoms with Gasteiger partial charge in [-0.15, -0.1) is 34.2 Å². The van der Waals surface area contributed by atoms with Gasteiger partial charge in [0.25, 0.3) is 0 Å². The Morgan fingerprint density at radius 2 is 1.86 bits per heavy atom. The second-order valence-corrected chi connectivity index (χ2v) is 5.94. The molecule has 0 unspecified atom stereocenters. The molecule has 0 saturated carbocycles. The molecule has 0 aliphatic carbocycles. The molecule has 28 heavy (non-hydrogen) atoms. The molecule has 3 aromatic rings. The number of anilines is 1. The molecule has 0 spiro atoms. The van der Waals surface area contributed by atoms with Crippen molar-refractivity contribution in [3.05, 3.63) is 60.0 Å². The lowest BCUT2D eigenvalue weighted by molar-refractivity contribution is 0.211. The van der Waals surface area contributed by atoms with Crippen molar-refractivity contribution >= 4 is 41.3 Å². The number of hydrogen-bond acceptors (Lipinski definition) is 5. The van der Waals surface area contributed by atoms with Crippen molar-refractivity contribution in [2.75, 3.05) is 32.6 Å². The number of guanidine groups is 1. The first-order valence-electron chi connectivity index (χ1n) is 8.85. The topological polar surface area (TPSA) is 87.9 Å². The summed E-state index contributed by atoms with van der Waals surface area (Å²) in [5, 5.41) is 18.2. The molecule has 3 N–H and O–H groups in total. The van der Waals surface area contributed by atoms with Crippen molar-refractivity contribution in [1.82, 2.24) is 25.2 Å². The molecule has 9 heteroatoms. The van der Waals surface area contributed by atoms with Crippen LogP contribution < -0.4 is 16.0 Å². The molecule has 0 radical (unpaired) electrons. The first-order chi connectivity index (χ1) is 13.3. The van der Waals surface area contributed by atoms with Gasteiger partial charge in [-0.1, -0.05) is 18.2 Å². The summed E-state index contributed by atoms with van der Waals surface area (Å²) in [5.74, 6) is 1.55. The van der Waals surface area contributed by atoms with Crippen LogP contribution in [-0.2, 0) is 17.8 Å². The minimum absolute atomic E-state index is 0. The average Bonchev–Trinajstić information content (AvgIpc) is 3.13. The number of aliphatic imine (C=N–C) groups is 1. The van der Waals surface area contributed by atoms with E-state index in [0.717, 1.165) is 23.7 Å². The predicted octanol–water partition coefficient (Wildman–Crippen LogP) is 2.27. The van der Waals surface area contributed by atoms with Gasteiger partial charge in [0.2, 0.25) is 0 Å². The van der Waals surface area contributed by atoms with Crippen LogP contribution >= 0.6 is 24.0 Å². The Morgan fingerprint density at radius 1 is 1.07 bits per heavy atom. The predicted molar refractivity (Wildman–Crippen MR) is 122 cm³/mol. The van der Waals surface area contributed by atoms with Crippen molar-refractivity contribution in [3.8, 4) is 0 Å². The number of ether oxygens (including phenoxy) is 1. The highest BCUT2D eigenvalue weighted by atomic mass is 127. The van der Waals surface area contributed by atoms with E-state index in [-0.39, 0.29) is 24.0 Å². The van der Waals surface area contributed by atoms with Crippen molar-refractivity contribution in [2.45, 2.75) is 13.1 Å². The first-order valence-corrected chi connectivity index (χ1v) is 8.85. The van der Waals surface area contributed by atoms with Crippen LogP contribution in [0.3, 0.4) is 0 Å². The number of fused-ring (bicyclic) bond motifs is 1. The van der Waals surface area contributed by atoms with Gasteiger partial charge in [0.15, 0.2) is 17.4 Å². The van der Waals surface area contributed by atoms with Gasteiger partial charge in [-0.25, -0.2) is 0 Å². The van der Waals surface area contributed by atoms with Crippen LogP contribution in [0.5, 0.6) is 0 Å². The van der Waals surface area contributed by atoms with Gasteiger partial charge >= 0.3 is 0 Å². The van der Waals surface area contributed by atoms with E-state index in [0.29, 0.717) is 25.7 Å². The zero-order chi connectivity index (χ0) is 18.9. The summed E-state index contributed by atoms with van der Waals surface area (Å²) in [5.41, 5.74) is 3.08. The molecule has 0 atom stereocenters. The van der Waals surface area contributed by atoms with E-state index in [9.17, 15) is 0 Å². The molecule has 0 aliphatic rings. The SMILES string of the molecule is CN=C(NCc1ccc(NCCOC)cc1)NCc1nnc2ccccn12.I. The first kappa shape index (κ1) is 21.9. The number of benzene rings is 1. The van der Waals surface area contributed by atoms with E-state index < -0.39 is 0 Å². The van der Waals surface area contributed by atoms with Crippen LogP contribution in [0.1, 0.15) is 11.4 Å². The number of nitrogens with zero attached hydrogens (tertiary/aromatic N) is 4. The van der Waals surface area contributed by atoms with Gasteiger partial charge in [0, 0.05) is 39.1 Å². The summed E-state index contributed by atoms with van der Waals surface area (Å²) in [7, 11) is 3.45. The lowest BCUT2D eigenvalue weighted by atomic mass is 10.2. The maximum Gasteiger partial charge on any atom is 0.191 e.